The maximum absolute atomic E-state index is 8.77. The molecule has 0 N–H and O–H groups in total. The highest BCUT2D eigenvalue weighted by Gasteiger charge is 2.40. The SMILES string of the molecule is [2H][C@H]1[C@H](OC)O[C@H](COCc2ccccc2)[C@@H](OCc2ccccc2)[C@H]1OCc1ccccc1. The van der Waals surface area contributed by atoms with Gasteiger partial charge in [0.05, 0.1) is 32.5 Å². The third-order valence-electron chi connectivity index (χ3n) is 5.54. The molecule has 1 heterocycles. The molecule has 0 bridgehead atoms. The van der Waals surface area contributed by atoms with Crippen LogP contribution in [-0.2, 0) is 43.5 Å². The van der Waals surface area contributed by atoms with Crippen molar-refractivity contribution in [2.24, 2.45) is 0 Å². The van der Waals surface area contributed by atoms with Crippen molar-refractivity contribution in [3.05, 3.63) is 108 Å². The van der Waals surface area contributed by atoms with Gasteiger partial charge in [0, 0.05) is 14.9 Å². The van der Waals surface area contributed by atoms with Gasteiger partial charge in [0.15, 0.2) is 6.29 Å². The van der Waals surface area contributed by atoms with Gasteiger partial charge in [-0.1, -0.05) is 91.0 Å². The molecule has 33 heavy (non-hydrogen) atoms. The van der Waals surface area contributed by atoms with Crippen LogP contribution < -0.4 is 0 Å². The monoisotopic (exact) mass is 449 g/mol. The van der Waals surface area contributed by atoms with Gasteiger partial charge in [-0.05, 0) is 16.7 Å². The summed E-state index contributed by atoms with van der Waals surface area (Å²) in [6.07, 6.45) is -2.98. The normalized spacial score (nSPS) is 25.5. The minimum atomic E-state index is -0.764. The molecule has 0 amide bonds. The molecule has 5 nitrogen and oxygen atoms in total. The Hall–Kier alpha value is -2.54. The highest BCUT2D eigenvalue weighted by molar-refractivity contribution is 5.15. The first kappa shape index (κ1) is 22.3. The third kappa shape index (κ3) is 7.22. The fourth-order valence-corrected chi connectivity index (χ4v) is 3.79. The number of hydrogen-bond acceptors (Lipinski definition) is 5. The minimum Gasteiger partial charge on any atom is -0.374 e. The van der Waals surface area contributed by atoms with E-state index < -0.39 is 31.0 Å². The zero-order chi connectivity index (χ0) is 23.6. The fourth-order valence-electron chi connectivity index (χ4n) is 3.79. The molecule has 5 atom stereocenters. The van der Waals surface area contributed by atoms with Crippen molar-refractivity contribution in [1.82, 2.24) is 0 Å². The second-order valence-electron chi connectivity index (χ2n) is 7.99. The summed E-state index contributed by atoms with van der Waals surface area (Å²) in [5.74, 6) is 0. The standard InChI is InChI=1S/C28H32O5/c1-29-27-17-25(31-19-23-13-7-3-8-14-23)28(32-20-24-15-9-4-10-16-24)26(33-27)21-30-18-22-11-5-2-6-12-22/h2-16,25-28H,17-21H2,1H3/t25-,26+,27+,28-/m0/s1/i17D/t17-,25+,26-,27-,28+/m1. The van der Waals surface area contributed by atoms with Gasteiger partial charge in [0.1, 0.15) is 12.2 Å². The van der Waals surface area contributed by atoms with E-state index in [1.54, 1.807) is 7.11 Å². The Morgan fingerprint density at radius 3 is 1.82 bits per heavy atom. The van der Waals surface area contributed by atoms with E-state index in [2.05, 4.69) is 0 Å². The topological polar surface area (TPSA) is 46.2 Å². The highest BCUT2D eigenvalue weighted by Crippen LogP contribution is 2.28. The molecule has 1 aliphatic rings. The lowest BCUT2D eigenvalue weighted by Gasteiger charge is -2.41. The molecule has 3 aromatic carbocycles. The second kappa shape index (κ2) is 12.6. The van der Waals surface area contributed by atoms with Gasteiger partial charge in [-0.3, -0.25) is 0 Å². The average Bonchev–Trinajstić information content (AvgIpc) is 2.89. The minimum absolute atomic E-state index is 0.298. The maximum Gasteiger partial charge on any atom is 0.160 e. The predicted octanol–water partition coefficient (Wildman–Crippen LogP) is 5.14. The Balaban J connectivity index is 1.48. The lowest BCUT2D eigenvalue weighted by atomic mass is 10.0. The summed E-state index contributed by atoms with van der Waals surface area (Å²) in [5, 5.41) is 0. The van der Waals surface area contributed by atoms with Crippen LogP contribution in [-0.4, -0.2) is 38.3 Å². The summed E-state index contributed by atoms with van der Waals surface area (Å²) >= 11 is 0. The Kier molecular flexibility index (Phi) is 8.52. The Bertz CT molecular complexity index is 956. The number of benzene rings is 3. The molecule has 174 valence electrons. The molecule has 0 aliphatic carbocycles. The van der Waals surface area contributed by atoms with Crippen LogP contribution >= 0.6 is 0 Å². The number of methoxy groups -OCH3 is 1. The molecule has 0 radical (unpaired) electrons. The molecule has 0 aromatic heterocycles. The second-order valence-corrected chi connectivity index (χ2v) is 7.99. The molecular formula is C28H32O5. The Labute approximate surface area is 197 Å². The number of hydrogen-bond donors (Lipinski definition) is 0. The van der Waals surface area contributed by atoms with Crippen LogP contribution in [0.1, 0.15) is 24.5 Å². The summed E-state index contributed by atoms with van der Waals surface area (Å²) in [6, 6.07) is 29.9. The van der Waals surface area contributed by atoms with Crippen molar-refractivity contribution in [2.75, 3.05) is 13.7 Å². The summed E-state index contributed by atoms with van der Waals surface area (Å²) < 4.78 is 39.0. The van der Waals surface area contributed by atoms with E-state index in [4.69, 9.17) is 25.1 Å². The molecular weight excluding hydrogens is 416 g/mol. The van der Waals surface area contributed by atoms with Crippen molar-refractivity contribution >= 4 is 0 Å². The molecule has 4 rings (SSSR count). The van der Waals surface area contributed by atoms with Crippen LogP contribution in [0.4, 0.5) is 0 Å². The van der Waals surface area contributed by atoms with E-state index in [9.17, 15) is 0 Å². The summed E-state index contributed by atoms with van der Waals surface area (Å²) in [7, 11) is 1.55. The largest absolute Gasteiger partial charge is 0.374 e. The first-order valence-electron chi connectivity index (χ1n) is 11.9. The first-order chi connectivity index (χ1) is 16.7. The van der Waals surface area contributed by atoms with E-state index in [1.807, 2.05) is 91.0 Å². The molecule has 5 heteroatoms. The van der Waals surface area contributed by atoms with Gasteiger partial charge in [0.2, 0.25) is 0 Å². The first-order valence-corrected chi connectivity index (χ1v) is 11.3. The van der Waals surface area contributed by atoms with Gasteiger partial charge in [0.25, 0.3) is 0 Å². The van der Waals surface area contributed by atoms with Crippen LogP contribution in [0.2, 0.25) is 0 Å². The predicted molar refractivity (Wildman–Crippen MR) is 126 cm³/mol. The van der Waals surface area contributed by atoms with E-state index in [0.29, 0.717) is 26.4 Å². The van der Waals surface area contributed by atoms with Crippen molar-refractivity contribution in [2.45, 2.75) is 50.8 Å². The van der Waals surface area contributed by atoms with E-state index in [-0.39, 0.29) is 0 Å². The van der Waals surface area contributed by atoms with Crippen molar-refractivity contribution < 1.29 is 25.1 Å². The molecule has 1 aliphatic heterocycles. The highest BCUT2D eigenvalue weighted by atomic mass is 16.7. The van der Waals surface area contributed by atoms with Crippen LogP contribution in [0.3, 0.4) is 0 Å². The molecule has 0 spiro atoms. The van der Waals surface area contributed by atoms with Gasteiger partial charge < -0.3 is 23.7 Å². The van der Waals surface area contributed by atoms with Crippen molar-refractivity contribution in [1.29, 1.82) is 0 Å². The molecule has 0 saturated carbocycles. The van der Waals surface area contributed by atoms with Crippen LogP contribution in [0.15, 0.2) is 91.0 Å². The number of rotatable bonds is 11. The molecule has 3 aromatic rings. The van der Waals surface area contributed by atoms with Gasteiger partial charge >= 0.3 is 0 Å². The summed E-state index contributed by atoms with van der Waals surface area (Å²) in [6.45, 7) is 1.52. The maximum atomic E-state index is 8.77. The van der Waals surface area contributed by atoms with Gasteiger partial charge in [-0.25, -0.2) is 0 Å². The van der Waals surface area contributed by atoms with E-state index >= 15 is 0 Å². The summed E-state index contributed by atoms with van der Waals surface area (Å²) in [4.78, 5) is 0. The molecule has 1 saturated heterocycles. The smallest absolute Gasteiger partial charge is 0.160 e. The Morgan fingerprint density at radius 2 is 1.27 bits per heavy atom. The molecule has 0 unspecified atom stereocenters. The van der Waals surface area contributed by atoms with Crippen LogP contribution in [0.5, 0.6) is 0 Å². The lowest BCUT2D eigenvalue weighted by molar-refractivity contribution is -0.272. The third-order valence-corrected chi connectivity index (χ3v) is 5.54. The van der Waals surface area contributed by atoms with Crippen LogP contribution in [0.25, 0.3) is 0 Å². The zero-order valence-electron chi connectivity index (χ0n) is 19.9. The zero-order valence-corrected chi connectivity index (χ0v) is 18.9. The lowest BCUT2D eigenvalue weighted by Crippen LogP contribution is -2.52. The molecule has 1 fully saturated rings. The fraction of sp³-hybridized carbons (Fsp3) is 0.357. The van der Waals surface area contributed by atoms with E-state index in [1.165, 1.54) is 0 Å². The van der Waals surface area contributed by atoms with Crippen molar-refractivity contribution in [3.8, 4) is 0 Å². The average molecular weight is 450 g/mol. The quantitative estimate of drug-likeness (QED) is 0.406. The van der Waals surface area contributed by atoms with E-state index in [0.717, 1.165) is 16.7 Å². The van der Waals surface area contributed by atoms with Gasteiger partial charge in [-0.15, -0.1) is 0 Å². The van der Waals surface area contributed by atoms with Crippen LogP contribution in [0, 0.1) is 0 Å². The van der Waals surface area contributed by atoms with Crippen molar-refractivity contribution in [3.63, 3.8) is 0 Å². The number of ether oxygens (including phenoxy) is 5. The summed E-state index contributed by atoms with van der Waals surface area (Å²) in [5.41, 5.74) is 3.16. The Morgan fingerprint density at radius 1 is 0.758 bits per heavy atom. The van der Waals surface area contributed by atoms with Gasteiger partial charge in [-0.2, -0.15) is 0 Å².